The second-order valence-electron chi connectivity index (χ2n) is 4.16. The van der Waals surface area contributed by atoms with Crippen LogP contribution < -0.4 is 10.6 Å². The third-order valence-corrected chi connectivity index (χ3v) is 3.61. The summed E-state index contributed by atoms with van der Waals surface area (Å²) < 4.78 is 0.542. The van der Waals surface area contributed by atoms with Crippen LogP contribution in [-0.4, -0.2) is 16.8 Å². The topological polar surface area (TPSA) is 76.3 Å². The number of amides is 2. The molecule has 17 heavy (non-hydrogen) atoms. The average molecular weight is 298 g/mol. The summed E-state index contributed by atoms with van der Waals surface area (Å²) in [6.45, 7) is 3.49. The summed E-state index contributed by atoms with van der Waals surface area (Å²) in [4.78, 5) is 29.1. The summed E-state index contributed by atoms with van der Waals surface area (Å²) in [5.41, 5.74) is 6.04. The number of nitrogens with zero attached hydrogens (tertiary/aromatic N) is 2. The molecular formula is C11H12BrN3O2. The van der Waals surface area contributed by atoms with Gasteiger partial charge >= 0.3 is 0 Å². The smallest absolute Gasteiger partial charge is 0.238 e. The van der Waals surface area contributed by atoms with E-state index in [1.54, 1.807) is 19.9 Å². The summed E-state index contributed by atoms with van der Waals surface area (Å²) in [6, 6.07) is 1.62. The summed E-state index contributed by atoms with van der Waals surface area (Å²) in [5.74, 6) is -0.756. The van der Waals surface area contributed by atoms with Crippen molar-refractivity contribution in [1.29, 1.82) is 0 Å². The van der Waals surface area contributed by atoms with Crippen molar-refractivity contribution in [2.45, 2.75) is 13.8 Å². The van der Waals surface area contributed by atoms with Gasteiger partial charge in [-0.25, -0.2) is 9.88 Å². The third-order valence-electron chi connectivity index (χ3n) is 3.02. The molecule has 1 aliphatic heterocycles. The number of carbonyl (C=O) groups excluding carboxylic acids is 2. The van der Waals surface area contributed by atoms with Crippen molar-refractivity contribution in [3.8, 4) is 0 Å². The van der Waals surface area contributed by atoms with E-state index in [1.165, 1.54) is 6.20 Å². The molecule has 2 unspecified atom stereocenters. The molecular weight excluding hydrogens is 286 g/mol. The molecule has 0 spiro atoms. The van der Waals surface area contributed by atoms with E-state index in [4.69, 9.17) is 5.73 Å². The minimum atomic E-state index is -0.311. The minimum Gasteiger partial charge on any atom is -0.397 e. The number of nitrogen functional groups attached to an aromatic ring is 1. The predicted molar refractivity (Wildman–Crippen MR) is 67.2 cm³/mol. The van der Waals surface area contributed by atoms with Gasteiger partial charge in [-0.3, -0.25) is 9.59 Å². The fourth-order valence-electron chi connectivity index (χ4n) is 1.76. The van der Waals surface area contributed by atoms with E-state index in [9.17, 15) is 9.59 Å². The number of halogens is 1. The van der Waals surface area contributed by atoms with Crippen LogP contribution in [0.2, 0.25) is 0 Å². The average Bonchev–Trinajstić information content (AvgIpc) is 2.45. The molecule has 1 fully saturated rings. The summed E-state index contributed by atoms with van der Waals surface area (Å²) in [5, 5.41) is 0. The molecule has 1 aliphatic rings. The molecule has 0 aliphatic carbocycles. The molecule has 1 aromatic heterocycles. The molecule has 90 valence electrons. The third kappa shape index (κ3) is 1.82. The van der Waals surface area contributed by atoms with Crippen molar-refractivity contribution in [2.24, 2.45) is 11.8 Å². The Balaban J connectivity index is 2.47. The number of carbonyl (C=O) groups is 2. The fraction of sp³-hybridized carbons (Fsp3) is 0.364. The van der Waals surface area contributed by atoms with Crippen LogP contribution in [0.5, 0.6) is 0 Å². The number of aromatic nitrogens is 1. The first kappa shape index (κ1) is 12.0. The monoisotopic (exact) mass is 297 g/mol. The van der Waals surface area contributed by atoms with Gasteiger partial charge in [0.2, 0.25) is 11.8 Å². The highest BCUT2D eigenvalue weighted by molar-refractivity contribution is 9.10. The fourth-order valence-corrected chi connectivity index (χ4v) is 2.31. The molecule has 2 heterocycles. The van der Waals surface area contributed by atoms with Gasteiger partial charge < -0.3 is 5.73 Å². The van der Waals surface area contributed by atoms with E-state index in [1.807, 2.05) is 0 Å². The van der Waals surface area contributed by atoms with Gasteiger partial charge in [0.15, 0.2) is 5.82 Å². The number of hydrogen-bond donors (Lipinski definition) is 1. The van der Waals surface area contributed by atoms with Gasteiger partial charge in [-0.1, -0.05) is 13.8 Å². The first-order chi connectivity index (χ1) is 7.93. The van der Waals surface area contributed by atoms with Gasteiger partial charge in [0.25, 0.3) is 0 Å². The molecule has 2 atom stereocenters. The largest absolute Gasteiger partial charge is 0.397 e. The Kier molecular flexibility index (Phi) is 2.91. The zero-order valence-electron chi connectivity index (χ0n) is 9.48. The molecule has 2 N–H and O–H groups in total. The van der Waals surface area contributed by atoms with Crippen molar-refractivity contribution in [2.75, 3.05) is 10.6 Å². The maximum Gasteiger partial charge on any atom is 0.238 e. The first-order valence-corrected chi connectivity index (χ1v) is 6.01. The standard InChI is InChI=1S/C11H12BrN3O2/c1-5-6(2)11(17)15(10(5)16)9-8(12)3-7(13)4-14-9/h3-6H,13H2,1-2H3. The Labute approximate surface area is 107 Å². The lowest BCUT2D eigenvalue weighted by molar-refractivity contribution is -0.122. The van der Waals surface area contributed by atoms with Gasteiger partial charge in [0.05, 0.1) is 16.4 Å². The number of imide groups is 1. The molecule has 1 saturated heterocycles. The van der Waals surface area contributed by atoms with E-state index >= 15 is 0 Å². The second kappa shape index (κ2) is 4.10. The van der Waals surface area contributed by atoms with Gasteiger partial charge in [-0.05, 0) is 22.0 Å². The molecule has 0 bridgehead atoms. The molecule has 0 aromatic carbocycles. The van der Waals surface area contributed by atoms with Crippen molar-refractivity contribution in [3.05, 3.63) is 16.7 Å². The minimum absolute atomic E-state index is 0.222. The highest BCUT2D eigenvalue weighted by Gasteiger charge is 2.44. The molecule has 1 aromatic rings. The predicted octanol–water partition coefficient (Wildman–Crippen LogP) is 1.57. The molecule has 2 rings (SSSR count). The first-order valence-electron chi connectivity index (χ1n) is 5.22. The normalized spacial score (nSPS) is 24.5. The maximum atomic E-state index is 12.0. The van der Waals surface area contributed by atoms with E-state index < -0.39 is 0 Å². The molecule has 2 amide bonds. The quantitative estimate of drug-likeness (QED) is 0.798. The summed E-state index contributed by atoms with van der Waals surface area (Å²) in [7, 11) is 0. The van der Waals surface area contributed by atoms with E-state index in [0.717, 1.165) is 4.90 Å². The lowest BCUT2D eigenvalue weighted by Gasteiger charge is -2.15. The van der Waals surface area contributed by atoms with Gasteiger partial charge in [0, 0.05) is 11.8 Å². The lowest BCUT2D eigenvalue weighted by atomic mass is 10.00. The lowest BCUT2D eigenvalue weighted by Crippen LogP contribution is -2.31. The van der Waals surface area contributed by atoms with Crippen molar-refractivity contribution >= 4 is 39.2 Å². The molecule has 5 nitrogen and oxygen atoms in total. The van der Waals surface area contributed by atoms with Crippen LogP contribution in [-0.2, 0) is 9.59 Å². The van der Waals surface area contributed by atoms with E-state index in [2.05, 4.69) is 20.9 Å². The van der Waals surface area contributed by atoms with Crippen molar-refractivity contribution in [3.63, 3.8) is 0 Å². The Morgan fingerprint density at radius 3 is 2.29 bits per heavy atom. The SMILES string of the molecule is CC1C(=O)N(c2ncc(N)cc2Br)C(=O)C1C. The molecule has 0 radical (unpaired) electrons. The number of rotatable bonds is 1. The van der Waals surface area contributed by atoms with Crippen LogP contribution in [0, 0.1) is 11.8 Å². The molecule has 6 heteroatoms. The number of hydrogen-bond acceptors (Lipinski definition) is 4. The van der Waals surface area contributed by atoms with Crippen molar-refractivity contribution in [1.82, 2.24) is 4.98 Å². The van der Waals surface area contributed by atoms with E-state index in [0.29, 0.717) is 16.0 Å². The number of anilines is 2. The van der Waals surface area contributed by atoms with E-state index in [-0.39, 0.29) is 23.7 Å². The van der Waals surface area contributed by atoms with Crippen LogP contribution in [0.25, 0.3) is 0 Å². The van der Waals surface area contributed by atoms with Crippen LogP contribution in [0.4, 0.5) is 11.5 Å². The van der Waals surface area contributed by atoms with Crippen molar-refractivity contribution < 1.29 is 9.59 Å². The van der Waals surface area contributed by atoms with Crippen LogP contribution in [0.3, 0.4) is 0 Å². The zero-order valence-corrected chi connectivity index (χ0v) is 11.1. The Morgan fingerprint density at radius 2 is 1.82 bits per heavy atom. The van der Waals surface area contributed by atoms with Gasteiger partial charge in [-0.15, -0.1) is 0 Å². The van der Waals surface area contributed by atoms with Crippen LogP contribution in [0.15, 0.2) is 16.7 Å². The number of nitrogens with two attached hydrogens (primary N) is 1. The van der Waals surface area contributed by atoms with Crippen LogP contribution >= 0.6 is 15.9 Å². The second-order valence-corrected chi connectivity index (χ2v) is 5.02. The summed E-state index contributed by atoms with van der Waals surface area (Å²) >= 11 is 3.26. The number of pyridine rings is 1. The van der Waals surface area contributed by atoms with Gasteiger partial charge in [-0.2, -0.15) is 0 Å². The Hall–Kier alpha value is -1.43. The maximum absolute atomic E-state index is 12.0. The molecule has 0 saturated carbocycles. The van der Waals surface area contributed by atoms with Crippen LogP contribution in [0.1, 0.15) is 13.8 Å². The zero-order chi connectivity index (χ0) is 12.7. The summed E-state index contributed by atoms with van der Waals surface area (Å²) in [6.07, 6.45) is 1.42. The highest BCUT2D eigenvalue weighted by Crippen LogP contribution is 2.33. The Bertz CT molecular complexity index is 483. The Morgan fingerprint density at radius 1 is 1.29 bits per heavy atom. The highest BCUT2D eigenvalue weighted by atomic mass is 79.9. The van der Waals surface area contributed by atoms with Gasteiger partial charge in [0.1, 0.15) is 0 Å².